The van der Waals surface area contributed by atoms with Crippen molar-refractivity contribution in [2.75, 3.05) is 21.3 Å². The zero-order valence-electron chi connectivity index (χ0n) is 49.1. The molecule has 6 aromatic carbocycles. The Balaban J connectivity index is 0.000000524. The molecule has 0 amide bonds. The number of methoxy groups -OCH3 is 3. The normalized spacial score (nSPS) is 10.5. The van der Waals surface area contributed by atoms with Gasteiger partial charge in [0, 0.05) is 94.7 Å². The third-order valence-corrected chi connectivity index (χ3v) is 11.3. The largest absolute Gasteiger partial charge is 0.512 e. The summed E-state index contributed by atoms with van der Waals surface area (Å²) in [5, 5.41) is 28.3. The van der Waals surface area contributed by atoms with Gasteiger partial charge in [-0.25, -0.2) is 0 Å². The summed E-state index contributed by atoms with van der Waals surface area (Å²) >= 11 is 0. The minimum Gasteiger partial charge on any atom is -0.512 e. The molecule has 0 saturated carbocycles. The second-order valence-electron chi connectivity index (χ2n) is 18.7. The quantitative estimate of drug-likeness (QED) is 0.0709. The fourth-order valence-electron chi connectivity index (χ4n) is 7.61. The zero-order valence-corrected chi connectivity index (χ0v) is 56.3. The first-order valence-corrected chi connectivity index (χ1v) is 25.4. The number of ketones is 3. The molecule has 3 radical (unpaired) electrons. The van der Waals surface area contributed by atoms with E-state index in [4.69, 9.17) is 39.5 Å². The van der Waals surface area contributed by atoms with Crippen LogP contribution in [0.25, 0.3) is 66.5 Å². The van der Waals surface area contributed by atoms with Crippen LogP contribution >= 0.6 is 0 Å². The summed E-state index contributed by atoms with van der Waals surface area (Å²) < 4.78 is 15.7. The van der Waals surface area contributed by atoms with E-state index in [9.17, 15) is 14.4 Å². The molecule has 0 aliphatic carbocycles. The van der Waals surface area contributed by atoms with Crippen LogP contribution in [0.4, 0.5) is 0 Å². The third-order valence-electron chi connectivity index (χ3n) is 11.3. The van der Waals surface area contributed by atoms with Crippen molar-refractivity contribution in [3.05, 3.63) is 215 Å². The van der Waals surface area contributed by atoms with Crippen LogP contribution in [-0.2, 0) is 74.7 Å². The number of allylic oxidation sites excluding steroid dienone is 6. The van der Waals surface area contributed by atoms with Crippen LogP contribution in [0.1, 0.15) is 69.4 Å². The molecule has 3 aromatic heterocycles. The number of aliphatic hydroxyl groups excluding tert-OH is 3. The van der Waals surface area contributed by atoms with Crippen LogP contribution in [0.2, 0.25) is 0 Å². The van der Waals surface area contributed by atoms with E-state index in [1.54, 1.807) is 21.3 Å². The van der Waals surface area contributed by atoms with E-state index >= 15 is 0 Å². The maximum Gasteiger partial charge on any atom is 0.155 e. The Morgan fingerprint density at radius 3 is 1.10 bits per heavy atom. The van der Waals surface area contributed by atoms with Crippen molar-refractivity contribution < 1.29 is 104 Å². The number of hydrogen-bond donors (Lipinski definition) is 3. The molecule has 0 spiro atoms. The van der Waals surface area contributed by atoms with E-state index in [0.29, 0.717) is 0 Å². The van der Waals surface area contributed by atoms with Gasteiger partial charge in [-0.1, -0.05) is 71.0 Å². The number of ether oxygens (including phenoxy) is 3. The first kappa shape index (κ1) is 73.5. The summed E-state index contributed by atoms with van der Waals surface area (Å²) in [6, 6.07) is 54.4. The van der Waals surface area contributed by atoms with Crippen molar-refractivity contribution in [3.8, 4) is 51.0 Å². The summed E-state index contributed by atoms with van der Waals surface area (Å²) in [7, 11) is 5.02. The van der Waals surface area contributed by atoms with Gasteiger partial charge in [-0.3, -0.25) is 29.3 Å². The fraction of sp³-hybridized carbons (Fsp3) is 0.206. The average Bonchev–Trinajstić information content (AvgIpc) is 3.60. The van der Waals surface area contributed by atoms with E-state index in [2.05, 4.69) is 100 Å². The SMILES string of the molecule is CC(=O)C=C(C)O.CC(=O)C=C(C)O.CC(=O)C=C(C)O.COc1ccc2nc(-c3[c-]c(C)cc(C)c3)ccc2c1.COc1ccc2nc(-c3[c-]cc(C)c(C)c3)ccc2c1.COc1ccc2nc(-c3[c-]ccc(C)c3)ccc2c1.[Ir].[Ir].[Ir]. The summed E-state index contributed by atoms with van der Waals surface area (Å²) in [6.45, 7) is 19.0. The number of aromatic nitrogens is 3. The minimum atomic E-state index is -0.125. The summed E-state index contributed by atoms with van der Waals surface area (Å²) in [4.78, 5) is 44.1. The molecule has 9 rings (SSSR count). The Bertz CT molecular complexity index is 3610. The van der Waals surface area contributed by atoms with E-state index < -0.39 is 0 Å². The molecule has 0 atom stereocenters. The maximum absolute atomic E-state index is 10.0. The molecule has 0 aliphatic rings. The van der Waals surface area contributed by atoms with E-state index in [0.717, 1.165) is 89.3 Å². The van der Waals surface area contributed by atoms with Crippen LogP contribution in [0.15, 0.2) is 169 Å². The number of carbonyl (C=O) groups is 3. The van der Waals surface area contributed by atoms with Crippen molar-refractivity contribution in [2.45, 2.75) is 76.2 Å². The number of carbonyl (C=O) groups excluding carboxylic acids is 3. The number of hydrogen-bond acceptors (Lipinski definition) is 12. The van der Waals surface area contributed by atoms with Crippen LogP contribution in [-0.4, -0.2) is 69.0 Å². The number of benzene rings is 6. The molecule has 0 aliphatic heterocycles. The number of pyridine rings is 3. The predicted octanol–water partition coefficient (Wildman–Crippen LogP) is 15.8. The van der Waals surface area contributed by atoms with Gasteiger partial charge in [-0.05, 0) is 113 Å². The number of aliphatic hydroxyl groups is 3. The van der Waals surface area contributed by atoms with Gasteiger partial charge in [0.15, 0.2) is 17.3 Å². The minimum absolute atomic E-state index is 0. The Hall–Kier alpha value is -7.47. The van der Waals surface area contributed by atoms with Crippen LogP contribution in [0.3, 0.4) is 0 Å². The Kier molecular flexibility index (Phi) is 32.7. The smallest absolute Gasteiger partial charge is 0.155 e. The molecule has 9 aromatic rings. The standard InChI is InChI=1S/2C18H16NO.C17H14NO.3C5H8O2.3Ir/c1-12-8-13(2)10-15(9-12)18-6-4-14-11-16(20-3)5-7-17(14)19-18;1-12-4-5-14(10-13(12)2)17-8-6-15-11-16(20-3)7-9-18(15)19-17;1-12-4-3-5-13(10-12)16-8-6-14-11-15(19-2)7-9-17(14)18-16;3*1-4(6)3-5(2)7;;;/h4-9,11H,1-3H3;4,6-11H,1-3H3;3-4,6-11H,1-2H3;3*3,6H,1-2H3;;;/q3*-1;;;;;;. The van der Waals surface area contributed by atoms with Gasteiger partial charge < -0.3 is 29.5 Å². The fourth-order valence-corrected chi connectivity index (χ4v) is 7.61. The molecule has 0 bridgehead atoms. The van der Waals surface area contributed by atoms with Gasteiger partial charge >= 0.3 is 0 Å². The van der Waals surface area contributed by atoms with Crippen LogP contribution in [0.5, 0.6) is 17.2 Å². The van der Waals surface area contributed by atoms with E-state index in [1.807, 2.05) is 91.0 Å². The van der Waals surface area contributed by atoms with Crippen molar-refractivity contribution in [3.63, 3.8) is 0 Å². The van der Waals surface area contributed by atoms with Gasteiger partial charge in [0.2, 0.25) is 0 Å². The molecule has 441 valence electrons. The zero-order chi connectivity index (χ0) is 59.1. The van der Waals surface area contributed by atoms with Crippen molar-refractivity contribution in [1.29, 1.82) is 0 Å². The summed E-state index contributed by atoms with van der Waals surface area (Å²) in [5.74, 6) is 2.37. The number of nitrogens with zero attached hydrogens (tertiary/aromatic N) is 3. The van der Waals surface area contributed by atoms with Crippen LogP contribution in [0, 0.1) is 52.8 Å². The van der Waals surface area contributed by atoms with E-state index in [-0.39, 0.29) is 94.9 Å². The average molecular weight is 1650 g/mol. The molecular weight excluding hydrogens is 1580 g/mol. The van der Waals surface area contributed by atoms with Gasteiger partial charge in [0.25, 0.3) is 0 Å². The summed E-state index contributed by atoms with van der Waals surface area (Å²) in [6.07, 6.45) is 3.50. The second-order valence-corrected chi connectivity index (χ2v) is 18.7. The molecular formula is C68H70Ir3N3O9-3. The Labute approximate surface area is 528 Å². The number of rotatable bonds is 9. The molecule has 15 heteroatoms. The van der Waals surface area contributed by atoms with E-state index in [1.165, 1.54) is 82.0 Å². The maximum atomic E-state index is 10.0. The van der Waals surface area contributed by atoms with Crippen molar-refractivity contribution >= 4 is 50.1 Å². The van der Waals surface area contributed by atoms with Crippen molar-refractivity contribution in [2.24, 2.45) is 0 Å². The van der Waals surface area contributed by atoms with Gasteiger partial charge in [-0.15, -0.1) is 105 Å². The molecule has 3 N–H and O–H groups in total. The summed E-state index contributed by atoms with van der Waals surface area (Å²) in [5.41, 5.74) is 14.9. The molecule has 83 heavy (non-hydrogen) atoms. The molecule has 0 saturated heterocycles. The third kappa shape index (κ3) is 25.7. The van der Waals surface area contributed by atoms with Gasteiger partial charge in [-0.2, -0.15) is 0 Å². The van der Waals surface area contributed by atoms with Crippen LogP contribution < -0.4 is 14.2 Å². The topological polar surface area (TPSA) is 178 Å². The molecule has 3 heterocycles. The number of aryl methyl sites for hydroxylation is 5. The molecule has 0 fully saturated rings. The Morgan fingerprint density at radius 1 is 0.422 bits per heavy atom. The molecule has 0 unspecified atom stereocenters. The first-order valence-electron chi connectivity index (χ1n) is 25.4. The van der Waals surface area contributed by atoms with Gasteiger partial charge in [0.1, 0.15) is 17.2 Å². The second kappa shape index (κ2) is 36.9. The number of fused-ring (bicyclic) bond motifs is 3. The Morgan fingerprint density at radius 2 is 0.783 bits per heavy atom. The van der Waals surface area contributed by atoms with Gasteiger partial charge in [0.05, 0.1) is 55.2 Å². The first-order chi connectivity index (χ1) is 38.0. The van der Waals surface area contributed by atoms with Crippen molar-refractivity contribution in [1.82, 2.24) is 15.0 Å². The molecule has 12 nitrogen and oxygen atoms in total. The predicted molar refractivity (Wildman–Crippen MR) is 323 cm³/mol. The monoisotopic (exact) mass is 1650 g/mol.